The van der Waals surface area contributed by atoms with Gasteiger partial charge in [0.25, 0.3) is 0 Å². The SMILES string of the molecule is CC1C2CCC(C)(O2)OC1[C@H](C)C(=O)[C@H](C)[C@@H](O)[C@@H](C)[C@H]1CC=C(CO[Si](C(C)C)(C(C)C)C(C)C)C(=O)O1. The molecule has 9 atom stereocenters. The van der Waals surface area contributed by atoms with Gasteiger partial charge in [0.1, 0.15) is 11.9 Å². The summed E-state index contributed by atoms with van der Waals surface area (Å²) in [6.07, 6.45) is 2.60. The number of aliphatic hydroxyl groups is 1. The van der Waals surface area contributed by atoms with Crippen molar-refractivity contribution < 1.29 is 33.3 Å². The Morgan fingerprint density at radius 3 is 2.21 bits per heavy atom. The molecule has 7 nitrogen and oxygen atoms in total. The molecule has 0 aromatic carbocycles. The number of hydrogen-bond donors (Lipinski definition) is 1. The van der Waals surface area contributed by atoms with Gasteiger partial charge in [0.2, 0.25) is 8.32 Å². The van der Waals surface area contributed by atoms with Crippen molar-refractivity contribution in [2.24, 2.45) is 23.7 Å². The smallest absolute Gasteiger partial charge is 0.336 e. The summed E-state index contributed by atoms with van der Waals surface area (Å²) in [4.78, 5) is 26.5. The van der Waals surface area contributed by atoms with Crippen LogP contribution in [0.5, 0.6) is 0 Å². The third-order valence-corrected chi connectivity index (χ3v) is 16.2. The molecule has 1 N–H and O–H groups in total. The number of cyclic esters (lactones) is 1. The van der Waals surface area contributed by atoms with E-state index < -0.39 is 38.1 Å². The van der Waals surface area contributed by atoms with E-state index in [1.807, 2.05) is 26.8 Å². The zero-order valence-electron chi connectivity index (χ0n) is 26.2. The number of aliphatic hydroxyl groups excluding tert-OH is 1. The lowest BCUT2D eigenvalue weighted by Crippen LogP contribution is -2.51. The summed E-state index contributed by atoms with van der Waals surface area (Å²) in [5, 5.41) is 11.2. The minimum Gasteiger partial charge on any atom is -0.458 e. The molecule has 3 aliphatic rings. The average Bonchev–Trinajstić information content (AvgIpc) is 3.21. The predicted octanol–water partition coefficient (Wildman–Crippen LogP) is 6.19. The first-order valence-corrected chi connectivity index (χ1v) is 17.3. The van der Waals surface area contributed by atoms with Crippen molar-refractivity contribution in [3.8, 4) is 0 Å². The first-order chi connectivity index (χ1) is 18.1. The van der Waals surface area contributed by atoms with Crippen molar-refractivity contribution in [2.75, 3.05) is 6.61 Å². The van der Waals surface area contributed by atoms with Crippen LogP contribution in [0.4, 0.5) is 0 Å². The minimum atomic E-state index is -2.11. The van der Waals surface area contributed by atoms with E-state index in [-0.39, 0.29) is 42.4 Å². The van der Waals surface area contributed by atoms with Gasteiger partial charge < -0.3 is 23.7 Å². The maximum absolute atomic E-state index is 13.5. The number of rotatable bonds is 12. The molecule has 4 unspecified atom stereocenters. The minimum absolute atomic E-state index is 0.0276. The second kappa shape index (κ2) is 12.4. The molecule has 2 bridgehead atoms. The van der Waals surface area contributed by atoms with Crippen LogP contribution in [-0.2, 0) is 28.2 Å². The van der Waals surface area contributed by atoms with Crippen LogP contribution < -0.4 is 0 Å². The van der Waals surface area contributed by atoms with E-state index in [0.29, 0.717) is 28.6 Å². The lowest BCUT2D eigenvalue weighted by molar-refractivity contribution is -0.301. The van der Waals surface area contributed by atoms with Gasteiger partial charge in [-0.1, -0.05) is 75.3 Å². The van der Waals surface area contributed by atoms with Crippen molar-refractivity contribution in [3.05, 3.63) is 11.6 Å². The standard InChI is InChI=1S/C31H54O7Si/c1-17(2)39(18(3)4,19(5)6)35-16-24-12-13-25(36-30(24)34)20(7)27(32)22(9)28(33)23(10)29-21(8)26-14-15-31(11,37-26)38-29/h12,17-23,25-27,29,32H,13-16H2,1-11H3/t20-,21?,22+,23+,25+,26?,27-,29?,31?/m0/s1. The number of esters is 1. The first kappa shape index (κ1) is 32.5. The van der Waals surface area contributed by atoms with Crippen LogP contribution in [0.15, 0.2) is 11.6 Å². The summed E-state index contributed by atoms with van der Waals surface area (Å²) in [6, 6.07) is 0. The van der Waals surface area contributed by atoms with E-state index in [9.17, 15) is 14.7 Å². The Labute approximate surface area is 237 Å². The van der Waals surface area contributed by atoms with Gasteiger partial charge >= 0.3 is 5.97 Å². The number of fused-ring (bicyclic) bond motifs is 2. The average molecular weight is 567 g/mol. The zero-order valence-corrected chi connectivity index (χ0v) is 27.2. The number of ether oxygens (including phenoxy) is 3. The largest absolute Gasteiger partial charge is 0.458 e. The van der Waals surface area contributed by atoms with E-state index in [0.717, 1.165) is 12.8 Å². The number of carbonyl (C=O) groups is 2. The number of hydrogen-bond acceptors (Lipinski definition) is 7. The quantitative estimate of drug-likeness (QED) is 0.222. The first-order valence-electron chi connectivity index (χ1n) is 15.2. The fourth-order valence-electron chi connectivity index (χ4n) is 7.63. The topological polar surface area (TPSA) is 91.3 Å². The summed E-state index contributed by atoms with van der Waals surface area (Å²) in [5.74, 6) is -2.31. The van der Waals surface area contributed by atoms with Crippen molar-refractivity contribution in [1.82, 2.24) is 0 Å². The molecule has 2 saturated heterocycles. The monoisotopic (exact) mass is 566 g/mol. The Balaban J connectivity index is 1.62. The van der Waals surface area contributed by atoms with Crippen LogP contribution in [0.2, 0.25) is 16.6 Å². The van der Waals surface area contributed by atoms with Gasteiger partial charge in [-0.2, -0.15) is 0 Å². The highest BCUT2D eigenvalue weighted by molar-refractivity contribution is 6.77. The van der Waals surface area contributed by atoms with Gasteiger partial charge in [-0.3, -0.25) is 4.79 Å². The van der Waals surface area contributed by atoms with Crippen molar-refractivity contribution in [2.45, 2.75) is 142 Å². The Morgan fingerprint density at radius 1 is 1.08 bits per heavy atom. The van der Waals surface area contributed by atoms with E-state index in [1.54, 1.807) is 6.92 Å². The Bertz CT molecular complexity index is 893. The van der Waals surface area contributed by atoms with Gasteiger partial charge in [-0.15, -0.1) is 0 Å². The second-order valence-electron chi connectivity index (χ2n) is 13.6. The fraction of sp³-hybridized carbons (Fsp3) is 0.871. The van der Waals surface area contributed by atoms with Crippen LogP contribution in [-0.4, -0.2) is 62.0 Å². The van der Waals surface area contributed by atoms with Crippen LogP contribution in [0.1, 0.15) is 95.4 Å². The van der Waals surface area contributed by atoms with E-state index in [4.69, 9.17) is 18.6 Å². The Kier molecular flexibility index (Phi) is 10.3. The summed E-state index contributed by atoms with van der Waals surface area (Å²) >= 11 is 0. The van der Waals surface area contributed by atoms with Gasteiger partial charge in [0.15, 0.2) is 5.79 Å². The lowest BCUT2D eigenvalue weighted by atomic mass is 9.78. The maximum atomic E-state index is 13.5. The molecule has 0 saturated carbocycles. The van der Waals surface area contributed by atoms with Crippen molar-refractivity contribution >= 4 is 20.1 Å². The molecule has 39 heavy (non-hydrogen) atoms. The predicted molar refractivity (Wildman–Crippen MR) is 155 cm³/mol. The Morgan fingerprint density at radius 2 is 1.67 bits per heavy atom. The normalized spacial score (nSPS) is 32.7. The highest BCUT2D eigenvalue weighted by atomic mass is 28.4. The number of ketones is 1. The third-order valence-electron chi connectivity index (χ3n) is 10.1. The highest BCUT2D eigenvalue weighted by Crippen LogP contribution is 2.45. The van der Waals surface area contributed by atoms with Gasteiger partial charge in [0.05, 0.1) is 30.5 Å². The fourth-order valence-corrected chi connectivity index (χ4v) is 13.0. The molecular weight excluding hydrogens is 512 g/mol. The maximum Gasteiger partial charge on any atom is 0.336 e. The molecule has 0 radical (unpaired) electrons. The zero-order chi connectivity index (χ0) is 29.4. The van der Waals surface area contributed by atoms with E-state index in [2.05, 4.69) is 48.5 Å². The molecular formula is C31H54O7Si. The van der Waals surface area contributed by atoms with Gasteiger partial charge in [-0.25, -0.2) is 4.79 Å². The van der Waals surface area contributed by atoms with Crippen molar-refractivity contribution in [1.29, 1.82) is 0 Å². The van der Waals surface area contributed by atoms with Crippen LogP contribution in [0.25, 0.3) is 0 Å². The molecule has 3 aliphatic heterocycles. The summed E-state index contributed by atoms with van der Waals surface area (Å²) < 4.78 is 24.7. The van der Waals surface area contributed by atoms with Crippen LogP contribution in [0.3, 0.4) is 0 Å². The molecule has 3 heterocycles. The molecule has 0 spiro atoms. The third kappa shape index (κ3) is 6.40. The Hall–Kier alpha value is -1.06. The lowest BCUT2D eigenvalue weighted by Gasteiger charge is -2.43. The second-order valence-corrected chi connectivity index (χ2v) is 19.1. The van der Waals surface area contributed by atoms with E-state index >= 15 is 0 Å². The summed E-state index contributed by atoms with van der Waals surface area (Å²) in [5.41, 5.74) is 1.83. The molecule has 3 rings (SSSR count). The van der Waals surface area contributed by atoms with Gasteiger partial charge in [0, 0.05) is 36.5 Å². The number of carbonyl (C=O) groups excluding carboxylic acids is 2. The summed E-state index contributed by atoms with van der Waals surface area (Å²) in [7, 11) is -2.11. The van der Waals surface area contributed by atoms with Crippen molar-refractivity contribution in [3.63, 3.8) is 0 Å². The molecule has 2 fully saturated rings. The molecule has 224 valence electrons. The highest BCUT2D eigenvalue weighted by Gasteiger charge is 2.52. The van der Waals surface area contributed by atoms with Crippen LogP contribution >= 0.6 is 0 Å². The molecule has 0 aromatic rings. The van der Waals surface area contributed by atoms with Gasteiger partial charge in [-0.05, 0) is 30.0 Å². The number of Topliss-reactive ketones (excluding diaryl/α,β-unsaturated/α-hetero) is 1. The summed E-state index contributed by atoms with van der Waals surface area (Å²) in [6.45, 7) is 23.2. The molecule has 0 aliphatic carbocycles. The molecule has 0 amide bonds. The van der Waals surface area contributed by atoms with Crippen LogP contribution in [0, 0.1) is 23.7 Å². The van der Waals surface area contributed by atoms with E-state index in [1.165, 1.54) is 0 Å². The molecule has 0 aromatic heterocycles. The molecule has 8 heteroatoms.